The van der Waals surface area contributed by atoms with Gasteiger partial charge in [-0.3, -0.25) is 0 Å². The molecule has 3 heterocycles. The number of halogens is 1. The maximum absolute atomic E-state index is 5.93. The molecule has 3 nitrogen and oxygen atoms in total. The number of fused-ring (bicyclic) bond motifs is 1. The van der Waals surface area contributed by atoms with Gasteiger partial charge in [0.2, 0.25) is 0 Å². The fourth-order valence-electron chi connectivity index (χ4n) is 2.20. The van der Waals surface area contributed by atoms with Crippen LogP contribution in [0, 0.1) is 5.92 Å². The van der Waals surface area contributed by atoms with E-state index in [2.05, 4.69) is 21.8 Å². The summed E-state index contributed by atoms with van der Waals surface area (Å²) in [5.41, 5.74) is 0.884. The van der Waals surface area contributed by atoms with E-state index in [9.17, 15) is 0 Å². The summed E-state index contributed by atoms with van der Waals surface area (Å²) < 4.78 is 1.77. The van der Waals surface area contributed by atoms with Crippen molar-refractivity contribution in [2.75, 3.05) is 11.5 Å². The summed E-state index contributed by atoms with van der Waals surface area (Å²) in [5, 5.41) is 5.18. The quantitative estimate of drug-likeness (QED) is 0.838. The molecule has 17 heavy (non-hydrogen) atoms. The van der Waals surface area contributed by atoms with E-state index in [1.165, 1.54) is 24.3 Å². The number of rotatable bonds is 2. The lowest BCUT2D eigenvalue weighted by Crippen LogP contribution is -2.13. The highest BCUT2D eigenvalue weighted by Crippen LogP contribution is 2.25. The van der Waals surface area contributed by atoms with Crippen LogP contribution in [0.1, 0.15) is 18.7 Å². The first-order valence-corrected chi connectivity index (χ1v) is 7.43. The van der Waals surface area contributed by atoms with Gasteiger partial charge in [-0.1, -0.05) is 11.6 Å². The molecule has 1 aliphatic heterocycles. The molecular weight excluding hydrogens is 254 g/mol. The predicted molar refractivity (Wildman–Crippen MR) is 71.8 cm³/mol. The largest absolute Gasteiger partial charge is 0.219 e. The zero-order valence-electron chi connectivity index (χ0n) is 9.47. The van der Waals surface area contributed by atoms with Crippen LogP contribution in [-0.2, 0) is 6.42 Å². The molecule has 0 unspecified atom stereocenters. The normalized spacial score (nSPS) is 17.7. The van der Waals surface area contributed by atoms with Gasteiger partial charge in [-0.05, 0) is 42.4 Å². The smallest absolute Gasteiger partial charge is 0.155 e. The predicted octanol–water partition coefficient (Wildman–Crippen LogP) is 3.07. The second kappa shape index (κ2) is 4.86. The maximum Gasteiger partial charge on any atom is 0.155 e. The SMILES string of the molecule is Clc1ccc2nc(CC3CCSCC3)nn2c1. The van der Waals surface area contributed by atoms with Gasteiger partial charge in [0.15, 0.2) is 11.5 Å². The Morgan fingerprint density at radius 2 is 2.18 bits per heavy atom. The lowest BCUT2D eigenvalue weighted by atomic mass is 9.99. The van der Waals surface area contributed by atoms with Crippen molar-refractivity contribution in [3.05, 3.63) is 29.2 Å². The Balaban J connectivity index is 1.80. The average molecular weight is 268 g/mol. The minimum atomic E-state index is 0.697. The Morgan fingerprint density at radius 1 is 1.35 bits per heavy atom. The van der Waals surface area contributed by atoms with Gasteiger partial charge < -0.3 is 0 Å². The van der Waals surface area contributed by atoms with E-state index >= 15 is 0 Å². The van der Waals surface area contributed by atoms with Gasteiger partial charge in [0.05, 0.1) is 5.02 Å². The third-order valence-corrected chi connectivity index (χ3v) is 4.42. The Bertz CT molecular complexity index is 519. The summed E-state index contributed by atoms with van der Waals surface area (Å²) in [6.07, 6.45) is 5.39. The Morgan fingerprint density at radius 3 is 3.00 bits per heavy atom. The molecule has 1 saturated heterocycles. The van der Waals surface area contributed by atoms with E-state index in [1.807, 2.05) is 18.3 Å². The molecule has 0 aliphatic carbocycles. The van der Waals surface area contributed by atoms with Crippen molar-refractivity contribution in [2.24, 2.45) is 5.92 Å². The van der Waals surface area contributed by atoms with Crippen LogP contribution in [0.4, 0.5) is 0 Å². The highest BCUT2D eigenvalue weighted by Gasteiger charge is 2.16. The van der Waals surface area contributed by atoms with E-state index in [0.717, 1.165) is 23.8 Å². The number of aromatic nitrogens is 3. The molecule has 0 aromatic carbocycles. The summed E-state index contributed by atoms with van der Waals surface area (Å²) in [6, 6.07) is 3.77. The molecule has 0 N–H and O–H groups in total. The second-order valence-electron chi connectivity index (χ2n) is 4.44. The van der Waals surface area contributed by atoms with Crippen molar-refractivity contribution >= 4 is 29.0 Å². The lowest BCUT2D eigenvalue weighted by molar-refractivity contribution is 0.476. The van der Waals surface area contributed by atoms with Crippen LogP contribution < -0.4 is 0 Å². The highest BCUT2D eigenvalue weighted by molar-refractivity contribution is 7.99. The summed E-state index contributed by atoms with van der Waals surface area (Å²) in [6.45, 7) is 0. The number of pyridine rings is 1. The molecule has 0 saturated carbocycles. The van der Waals surface area contributed by atoms with Crippen LogP contribution in [0.2, 0.25) is 5.02 Å². The van der Waals surface area contributed by atoms with Crippen LogP contribution >= 0.6 is 23.4 Å². The van der Waals surface area contributed by atoms with Crippen molar-refractivity contribution in [3.63, 3.8) is 0 Å². The Kier molecular flexibility index (Phi) is 3.25. The third-order valence-electron chi connectivity index (χ3n) is 3.15. The molecule has 0 bridgehead atoms. The topological polar surface area (TPSA) is 30.2 Å². The van der Waals surface area contributed by atoms with Crippen molar-refractivity contribution in [1.29, 1.82) is 0 Å². The standard InChI is InChI=1S/C12H14ClN3S/c13-10-1-2-12-14-11(15-16(12)8-10)7-9-3-5-17-6-4-9/h1-2,8-9H,3-7H2. The third kappa shape index (κ3) is 2.58. The molecule has 5 heteroatoms. The summed E-state index contributed by atoms with van der Waals surface area (Å²) in [5.74, 6) is 4.27. The van der Waals surface area contributed by atoms with E-state index in [0.29, 0.717) is 5.02 Å². The number of hydrogen-bond donors (Lipinski definition) is 0. The number of thioether (sulfide) groups is 1. The van der Waals surface area contributed by atoms with Gasteiger partial charge in [0.25, 0.3) is 0 Å². The fourth-order valence-corrected chi connectivity index (χ4v) is 3.56. The van der Waals surface area contributed by atoms with E-state index in [1.54, 1.807) is 4.52 Å². The highest BCUT2D eigenvalue weighted by atomic mass is 35.5. The molecule has 0 radical (unpaired) electrons. The molecule has 0 amide bonds. The monoisotopic (exact) mass is 267 g/mol. The van der Waals surface area contributed by atoms with Crippen LogP contribution in [0.25, 0.3) is 5.65 Å². The zero-order valence-corrected chi connectivity index (χ0v) is 11.0. The number of hydrogen-bond acceptors (Lipinski definition) is 3. The first-order valence-electron chi connectivity index (χ1n) is 5.90. The summed E-state index contributed by atoms with van der Waals surface area (Å²) in [7, 11) is 0. The van der Waals surface area contributed by atoms with E-state index in [4.69, 9.17) is 11.6 Å². The van der Waals surface area contributed by atoms with Crippen molar-refractivity contribution in [3.8, 4) is 0 Å². The molecular formula is C12H14ClN3S. The second-order valence-corrected chi connectivity index (χ2v) is 6.10. The molecule has 2 aromatic rings. The molecule has 0 atom stereocenters. The van der Waals surface area contributed by atoms with Crippen molar-refractivity contribution in [2.45, 2.75) is 19.3 Å². The molecule has 1 aliphatic rings. The molecule has 3 rings (SSSR count). The van der Waals surface area contributed by atoms with Gasteiger partial charge in [-0.2, -0.15) is 16.9 Å². The average Bonchev–Trinajstić information content (AvgIpc) is 2.71. The van der Waals surface area contributed by atoms with Gasteiger partial charge in [0.1, 0.15) is 0 Å². The molecule has 2 aromatic heterocycles. The van der Waals surface area contributed by atoms with Gasteiger partial charge in [-0.25, -0.2) is 9.50 Å². The Hall–Kier alpha value is -0.740. The van der Waals surface area contributed by atoms with Crippen molar-refractivity contribution in [1.82, 2.24) is 14.6 Å². The first kappa shape index (κ1) is 11.4. The summed E-state index contributed by atoms with van der Waals surface area (Å²) in [4.78, 5) is 4.53. The number of nitrogens with zero attached hydrogens (tertiary/aromatic N) is 3. The molecule has 1 fully saturated rings. The van der Waals surface area contributed by atoms with Gasteiger partial charge in [0, 0.05) is 12.6 Å². The maximum atomic E-state index is 5.93. The molecule has 0 spiro atoms. The summed E-state index contributed by atoms with van der Waals surface area (Å²) >= 11 is 7.98. The van der Waals surface area contributed by atoms with Crippen LogP contribution in [0.3, 0.4) is 0 Å². The minimum absolute atomic E-state index is 0.697. The first-order chi connectivity index (χ1) is 8.31. The van der Waals surface area contributed by atoms with Crippen LogP contribution in [0.5, 0.6) is 0 Å². The Labute approximate surface area is 110 Å². The lowest BCUT2D eigenvalue weighted by Gasteiger charge is -2.19. The van der Waals surface area contributed by atoms with Gasteiger partial charge >= 0.3 is 0 Å². The van der Waals surface area contributed by atoms with E-state index in [-0.39, 0.29) is 0 Å². The van der Waals surface area contributed by atoms with Crippen LogP contribution in [-0.4, -0.2) is 26.1 Å². The minimum Gasteiger partial charge on any atom is -0.219 e. The van der Waals surface area contributed by atoms with E-state index < -0.39 is 0 Å². The van der Waals surface area contributed by atoms with Crippen LogP contribution in [0.15, 0.2) is 18.3 Å². The molecule has 90 valence electrons. The van der Waals surface area contributed by atoms with Crippen molar-refractivity contribution < 1.29 is 0 Å². The zero-order chi connectivity index (χ0) is 11.7. The van der Waals surface area contributed by atoms with Gasteiger partial charge in [-0.15, -0.1) is 0 Å². The fraction of sp³-hybridized carbons (Fsp3) is 0.500.